The quantitative estimate of drug-likeness (QED) is 0.915. The van der Waals surface area contributed by atoms with Crippen molar-refractivity contribution in [1.82, 2.24) is 0 Å². The first-order valence-electron chi connectivity index (χ1n) is 5.78. The predicted octanol–water partition coefficient (Wildman–Crippen LogP) is 2.47. The first-order chi connectivity index (χ1) is 9.15. The van der Waals surface area contributed by atoms with Crippen LogP contribution in [0.25, 0.3) is 11.1 Å². The summed E-state index contributed by atoms with van der Waals surface area (Å²) in [6.07, 6.45) is 0. The van der Waals surface area contributed by atoms with Gasteiger partial charge in [0.25, 0.3) is 5.91 Å². The van der Waals surface area contributed by atoms with Gasteiger partial charge >= 0.3 is 0 Å². The molecule has 0 spiro atoms. The summed E-state index contributed by atoms with van der Waals surface area (Å²) in [4.78, 5) is 11.4. The second-order valence-corrected chi connectivity index (χ2v) is 4.01. The zero-order chi connectivity index (χ0) is 13.8. The third kappa shape index (κ3) is 2.68. The van der Waals surface area contributed by atoms with Crippen LogP contribution in [0.1, 0.15) is 10.4 Å². The van der Waals surface area contributed by atoms with Crippen molar-refractivity contribution < 1.29 is 14.3 Å². The maximum atomic E-state index is 11.4. The van der Waals surface area contributed by atoms with E-state index in [0.717, 1.165) is 16.9 Å². The number of hydrogen-bond acceptors (Lipinski definition) is 3. The van der Waals surface area contributed by atoms with Crippen LogP contribution in [0.15, 0.2) is 42.5 Å². The third-order valence-electron chi connectivity index (χ3n) is 2.89. The van der Waals surface area contributed by atoms with Crippen molar-refractivity contribution in [2.24, 2.45) is 5.73 Å². The van der Waals surface area contributed by atoms with Crippen LogP contribution in [0.4, 0.5) is 0 Å². The summed E-state index contributed by atoms with van der Waals surface area (Å²) in [6, 6.07) is 12.9. The summed E-state index contributed by atoms with van der Waals surface area (Å²) >= 11 is 0. The van der Waals surface area contributed by atoms with Crippen LogP contribution < -0.4 is 15.2 Å². The predicted molar refractivity (Wildman–Crippen MR) is 73.5 cm³/mol. The lowest BCUT2D eigenvalue weighted by Crippen LogP contribution is -2.12. The molecule has 0 unspecified atom stereocenters. The molecular weight excluding hydrogens is 242 g/mol. The topological polar surface area (TPSA) is 61.6 Å². The van der Waals surface area contributed by atoms with Crippen molar-refractivity contribution in [1.29, 1.82) is 0 Å². The SMILES string of the molecule is COc1ccc(-c2ccc(OC)c(C(N)=O)c2)cc1. The van der Waals surface area contributed by atoms with Gasteiger partial charge in [-0.25, -0.2) is 0 Å². The van der Waals surface area contributed by atoms with E-state index in [9.17, 15) is 4.79 Å². The molecule has 2 aromatic rings. The minimum absolute atomic E-state index is 0.371. The molecule has 0 atom stereocenters. The highest BCUT2D eigenvalue weighted by Crippen LogP contribution is 2.27. The summed E-state index contributed by atoms with van der Waals surface area (Å²) in [5, 5.41) is 0. The van der Waals surface area contributed by atoms with Gasteiger partial charge in [0.2, 0.25) is 0 Å². The van der Waals surface area contributed by atoms with Gasteiger partial charge in [-0.15, -0.1) is 0 Å². The van der Waals surface area contributed by atoms with E-state index in [1.54, 1.807) is 19.2 Å². The Labute approximate surface area is 111 Å². The van der Waals surface area contributed by atoms with Gasteiger partial charge < -0.3 is 15.2 Å². The summed E-state index contributed by atoms with van der Waals surface area (Å²) in [6.45, 7) is 0. The summed E-state index contributed by atoms with van der Waals surface area (Å²) in [7, 11) is 3.13. The maximum absolute atomic E-state index is 11.4. The number of nitrogens with two attached hydrogens (primary N) is 1. The van der Waals surface area contributed by atoms with Crippen LogP contribution >= 0.6 is 0 Å². The van der Waals surface area contributed by atoms with E-state index in [1.165, 1.54) is 7.11 Å². The third-order valence-corrected chi connectivity index (χ3v) is 2.89. The number of carbonyl (C=O) groups is 1. The molecule has 0 radical (unpaired) electrons. The molecule has 0 saturated heterocycles. The Balaban J connectivity index is 2.44. The average molecular weight is 257 g/mol. The van der Waals surface area contributed by atoms with Gasteiger partial charge in [-0.2, -0.15) is 0 Å². The number of hydrogen-bond donors (Lipinski definition) is 1. The minimum atomic E-state index is -0.507. The van der Waals surface area contributed by atoms with Crippen LogP contribution in [-0.4, -0.2) is 20.1 Å². The molecule has 19 heavy (non-hydrogen) atoms. The first kappa shape index (κ1) is 13.0. The molecule has 0 fully saturated rings. The molecule has 0 heterocycles. The lowest BCUT2D eigenvalue weighted by molar-refractivity contribution is 0.0997. The molecule has 2 rings (SSSR count). The molecule has 0 bridgehead atoms. The maximum Gasteiger partial charge on any atom is 0.252 e. The van der Waals surface area contributed by atoms with Crippen LogP contribution in [0.5, 0.6) is 11.5 Å². The molecule has 2 N–H and O–H groups in total. The number of amides is 1. The van der Waals surface area contributed by atoms with Gasteiger partial charge in [-0.1, -0.05) is 18.2 Å². The van der Waals surface area contributed by atoms with E-state index in [1.807, 2.05) is 30.3 Å². The normalized spacial score (nSPS) is 10.0. The molecule has 0 aliphatic heterocycles. The fraction of sp³-hybridized carbons (Fsp3) is 0.133. The molecule has 4 heteroatoms. The van der Waals surface area contributed by atoms with Crippen molar-refractivity contribution >= 4 is 5.91 Å². The highest BCUT2D eigenvalue weighted by Gasteiger charge is 2.10. The summed E-state index contributed by atoms with van der Waals surface area (Å²) in [5.74, 6) is 0.754. The van der Waals surface area contributed by atoms with Crippen molar-refractivity contribution in [2.45, 2.75) is 0 Å². The van der Waals surface area contributed by atoms with Crippen LogP contribution in [-0.2, 0) is 0 Å². The van der Waals surface area contributed by atoms with Crippen LogP contribution in [0.2, 0.25) is 0 Å². The number of rotatable bonds is 4. The van der Waals surface area contributed by atoms with E-state index >= 15 is 0 Å². The van der Waals surface area contributed by atoms with Gasteiger partial charge in [0.1, 0.15) is 11.5 Å². The smallest absolute Gasteiger partial charge is 0.252 e. The zero-order valence-electron chi connectivity index (χ0n) is 10.8. The number of methoxy groups -OCH3 is 2. The fourth-order valence-electron chi connectivity index (χ4n) is 1.86. The zero-order valence-corrected chi connectivity index (χ0v) is 10.8. The van der Waals surface area contributed by atoms with Crippen LogP contribution in [0.3, 0.4) is 0 Å². The van der Waals surface area contributed by atoms with E-state index in [-0.39, 0.29) is 0 Å². The number of primary amides is 1. The minimum Gasteiger partial charge on any atom is -0.497 e. The van der Waals surface area contributed by atoms with E-state index in [0.29, 0.717) is 11.3 Å². The monoisotopic (exact) mass is 257 g/mol. The Morgan fingerprint density at radius 2 is 1.58 bits per heavy atom. The molecule has 0 aliphatic carbocycles. The van der Waals surface area contributed by atoms with E-state index in [4.69, 9.17) is 15.2 Å². The molecule has 0 aliphatic rings. The van der Waals surface area contributed by atoms with Crippen molar-refractivity contribution in [2.75, 3.05) is 14.2 Å². The molecule has 98 valence electrons. The Morgan fingerprint density at radius 3 is 2.11 bits per heavy atom. The van der Waals surface area contributed by atoms with Crippen LogP contribution in [0, 0.1) is 0 Å². The average Bonchev–Trinajstić information content (AvgIpc) is 2.46. The lowest BCUT2D eigenvalue weighted by Gasteiger charge is -2.09. The van der Waals surface area contributed by atoms with E-state index in [2.05, 4.69) is 0 Å². The Morgan fingerprint density at radius 1 is 0.947 bits per heavy atom. The Bertz CT molecular complexity index is 591. The molecule has 2 aromatic carbocycles. The largest absolute Gasteiger partial charge is 0.497 e. The first-order valence-corrected chi connectivity index (χ1v) is 5.78. The van der Waals surface area contributed by atoms with Crippen molar-refractivity contribution in [3.8, 4) is 22.6 Å². The van der Waals surface area contributed by atoms with Crippen molar-refractivity contribution in [3.05, 3.63) is 48.0 Å². The summed E-state index contributed by atoms with van der Waals surface area (Å²) < 4.78 is 10.2. The van der Waals surface area contributed by atoms with Gasteiger partial charge in [0.05, 0.1) is 19.8 Å². The second-order valence-electron chi connectivity index (χ2n) is 4.01. The molecule has 0 aromatic heterocycles. The van der Waals surface area contributed by atoms with Crippen molar-refractivity contribution in [3.63, 3.8) is 0 Å². The molecule has 1 amide bonds. The van der Waals surface area contributed by atoms with Gasteiger partial charge in [-0.05, 0) is 35.4 Å². The van der Waals surface area contributed by atoms with Gasteiger partial charge in [-0.3, -0.25) is 4.79 Å². The van der Waals surface area contributed by atoms with Gasteiger partial charge in [0.15, 0.2) is 0 Å². The molecular formula is C15H15NO3. The standard InChI is InChI=1S/C15H15NO3/c1-18-12-6-3-10(4-7-12)11-5-8-14(19-2)13(9-11)15(16)17/h3-9H,1-2H3,(H2,16,17). The highest BCUT2D eigenvalue weighted by molar-refractivity contribution is 5.97. The number of ether oxygens (including phenoxy) is 2. The summed E-state index contributed by atoms with van der Waals surface area (Å²) in [5.41, 5.74) is 7.59. The second kappa shape index (κ2) is 5.44. The highest BCUT2D eigenvalue weighted by atomic mass is 16.5. The Hall–Kier alpha value is -2.49. The van der Waals surface area contributed by atoms with Gasteiger partial charge in [0, 0.05) is 0 Å². The lowest BCUT2D eigenvalue weighted by atomic mass is 10.0. The molecule has 4 nitrogen and oxygen atoms in total. The Kier molecular flexibility index (Phi) is 3.71. The molecule has 0 saturated carbocycles. The number of carbonyl (C=O) groups excluding carboxylic acids is 1. The fourth-order valence-corrected chi connectivity index (χ4v) is 1.86. The number of benzene rings is 2. The van der Waals surface area contributed by atoms with E-state index < -0.39 is 5.91 Å².